The van der Waals surface area contributed by atoms with E-state index in [0.29, 0.717) is 23.1 Å². The Labute approximate surface area is 128 Å². The minimum Gasteiger partial charge on any atom is -0.481 e. The lowest BCUT2D eigenvalue weighted by Gasteiger charge is -2.10. The quantitative estimate of drug-likeness (QED) is 0.889. The number of pyridine rings is 1. The molecule has 110 valence electrons. The van der Waals surface area contributed by atoms with Gasteiger partial charge in [0.2, 0.25) is 11.8 Å². The number of carbonyl (C=O) groups is 1. The van der Waals surface area contributed by atoms with Crippen molar-refractivity contribution in [3.8, 4) is 5.88 Å². The molecule has 0 aliphatic rings. The van der Waals surface area contributed by atoms with Crippen molar-refractivity contribution >= 4 is 28.9 Å². The minimum absolute atomic E-state index is 0.151. The molecule has 0 unspecified atom stereocenters. The number of hydrogen-bond donors (Lipinski definition) is 2. The van der Waals surface area contributed by atoms with Gasteiger partial charge in [-0.05, 0) is 23.8 Å². The van der Waals surface area contributed by atoms with Gasteiger partial charge in [0.1, 0.15) is 0 Å². The lowest BCUT2D eigenvalue weighted by atomic mass is 10.2. The fourth-order valence-electron chi connectivity index (χ4n) is 1.76. The first-order valence-electron chi connectivity index (χ1n) is 6.38. The molecule has 0 fully saturated rings. The molecule has 1 amide bonds. The van der Waals surface area contributed by atoms with Gasteiger partial charge in [-0.15, -0.1) is 0 Å². The van der Waals surface area contributed by atoms with Crippen LogP contribution in [0.15, 0.2) is 36.5 Å². The monoisotopic (exact) mass is 305 g/mol. The van der Waals surface area contributed by atoms with Crippen LogP contribution in [0, 0.1) is 0 Å². The van der Waals surface area contributed by atoms with Crippen molar-refractivity contribution in [2.45, 2.75) is 13.5 Å². The number of rotatable bonds is 5. The number of hydrogen-bond acceptors (Lipinski definition) is 4. The number of aromatic nitrogens is 1. The molecule has 2 N–H and O–H groups in total. The van der Waals surface area contributed by atoms with Gasteiger partial charge < -0.3 is 15.4 Å². The van der Waals surface area contributed by atoms with Crippen LogP contribution in [0.25, 0.3) is 0 Å². The molecule has 2 aromatic rings. The lowest BCUT2D eigenvalue weighted by molar-refractivity contribution is -0.114. The van der Waals surface area contributed by atoms with Crippen LogP contribution in [0.3, 0.4) is 0 Å². The van der Waals surface area contributed by atoms with Gasteiger partial charge in [-0.25, -0.2) is 4.98 Å². The number of carbonyl (C=O) groups excluding carboxylic acids is 1. The Hall–Kier alpha value is -2.27. The summed E-state index contributed by atoms with van der Waals surface area (Å²) in [6, 6.07) is 9.13. The van der Waals surface area contributed by atoms with Gasteiger partial charge in [0.05, 0.1) is 17.8 Å². The number of methoxy groups -OCH3 is 1. The van der Waals surface area contributed by atoms with E-state index < -0.39 is 0 Å². The fraction of sp³-hybridized carbons (Fsp3) is 0.200. The van der Waals surface area contributed by atoms with Gasteiger partial charge >= 0.3 is 0 Å². The molecule has 0 spiro atoms. The van der Waals surface area contributed by atoms with Crippen LogP contribution < -0.4 is 15.4 Å². The SMILES string of the molecule is COc1ccc(CNc2ccc(NC(C)=O)c(Cl)c2)cn1. The van der Waals surface area contributed by atoms with Crippen LogP contribution in [0.1, 0.15) is 12.5 Å². The second-order valence-corrected chi connectivity index (χ2v) is 4.85. The Morgan fingerprint density at radius 1 is 1.33 bits per heavy atom. The van der Waals surface area contributed by atoms with Crippen molar-refractivity contribution < 1.29 is 9.53 Å². The zero-order valence-corrected chi connectivity index (χ0v) is 12.6. The molecule has 1 aromatic carbocycles. The van der Waals surface area contributed by atoms with Crippen molar-refractivity contribution in [3.05, 3.63) is 47.1 Å². The number of anilines is 2. The van der Waals surface area contributed by atoms with Gasteiger partial charge in [0, 0.05) is 31.4 Å². The molecule has 21 heavy (non-hydrogen) atoms. The molecule has 5 nitrogen and oxygen atoms in total. The molecule has 1 aromatic heterocycles. The summed E-state index contributed by atoms with van der Waals surface area (Å²) in [7, 11) is 1.58. The van der Waals surface area contributed by atoms with E-state index in [0.717, 1.165) is 11.3 Å². The van der Waals surface area contributed by atoms with Crippen molar-refractivity contribution in [2.75, 3.05) is 17.7 Å². The number of ether oxygens (including phenoxy) is 1. The average Bonchev–Trinajstić information content (AvgIpc) is 2.48. The summed E-state index contributed by atoms with van der Waals surface area (Å²) in [6.07, 6.45) is 1.75. The summed E-state index contributed by atoms with van der Waals surface area (Å²) >= 11 is 6.11. The van der Waals surface area contributed by atoms with Crippen LogP contribution in [0.5, 0.6) is 5.88 Å². The number of halogens is 1. The molecular weight excluding hydrogens is 290 g/mol. The summed E-state index contributed by atoms with van der Waals surface area (Å²) in [6.45, 7) is 2.06. The van der Waals surface area contributed by atoms with Gasteiger partial charge in [-0.3, -0.25) is 4.79 Å². The van der Waals surface area contributed by atoms with Gasteiger partial charge in [0.25, 0.3) is 0 Å². The molecular formula is C15H16ClN3O2. The molecule has 0 aliphatic carbocycles. The highest BCUT2D eigenvalue weighted by Gasteiger charge is 2.03. The third kappa shape index (κ3) is 4.36. The van der Waals surface area contributed by atoms with E-state index >= 15 is 0 Å². The first-order valence-corrected chi connectivity index (χ1v) is 6.76. The predicted octanol–water partition coefficient (Wildman–Crippen LogP) is 3.31. The smallest absolute Gasteiger partial charge is 0.221 e. The molecule has 0 radical (unpaired) electrons. The van der Waals surface area contributed by atoms with Crippen molar-refractivity contribution in [1.29, 1.82) is 0 Å². The molecule has 0 aliphatic heterocycles. The maximum absolute atomic E-state index is 11.0. The average molecular weight is 306 g/mol. The first-order chi connectivity index (χ1) is 10.1. The molecule has 6 heteroatoms. The van der Waals surface area contributed by atoms with Crippen molar-refractivity contribution in [3.63, 3.8) is 0 Å². The molecule has 0 atom stereocenters. The number of nitrogens with one attached hydrogen (secondary N) is 2. The number of amides is 1. The maximum atomic E-state index is 11.0. The van der Waals surface area contributed by atoms with E-state index in [4.69, 9.17) is 16.3 Å². The second kappa shape index (κ2) is 6.95. The minimum atomic E-state index is -0.151. The van der Waals surface area contributed by atoms with Crippen LogP contribution >= 0.6 is 11.6 Å². The normalized spacial score (nSPS) is 10.0. The summed E-state index contributed by atoms with van der Waals surface area (Å²) in [5.74, 6) is 0.434. The zero-order chi connectivity index (χ0) is 15.2. The molecule has 1 heterocycles. The van der Waals surface area contributed by atoms with Crippen LogP contribution in [-0.2, 0) is 11.3 Å². The van der Waals surface area contributed by atoms with Crippen LogP contribution in [-0.4, -0.2) is 18.0 Å². The molecule has 0 bridgehead atoms. The Morgan fingerprint density at radius 3 is 2.71 bits per heavy atom. The fourth-order valence-corrected chi connectivity index (χ4v) is 1.98. The van der Waals surface area contributed by atoms with Crippen LogP contribution in [0.4, 0.5) is 11.4 Å². The Bertz CT molecular complexity index is 629. The van der Waals surface area contributed by atoms with Crippen LogP contribution in [0.2, 0.25) is 5.02 Å². The van der Waals surface area contributed by atoms with Gasteiger partial charge in [-0.1, -0.05) is 17.7 Å². The van der Waals surface area contributed by atoms with Crippen molar-refractivity contribution in [1.82, 2.24) is 4.98 Å². The Kier molecular flexibility index (Phi) is 5.00. The topological polar surface area (TPSA) is 63.2 Å². The van der Waals surface area contributed by atoms with E-state index in [2.05, 4.69) is 15.6 Å². The third-order valence-corrected chi connectivity index (χ3v) is 3.10. The molecule has 0 saturated carbocycles. The van der Waals surface area contributed by atoms with Gasteiger partial charge in [0.15, 0.2) is 0 Å². The summed E-state index contributed by atoms with van der Waals surface area (Å²) in [4.78, 5) is 15.1. The van der Waals surface area contributed by atoms with E-state index in [1.54, 1.807) is 25.4 Å². The van der Waals surface area contributed by atoms with E-state index in [9.17, 15) is 4.79 Å². The Morgan fingerprint density at radius 2 is 2.14 bits per heavy atom. The Balaban J connectivity index is 1.99. The van der Waals surface area contributed by atoms with E-state index in [1.165, 1.54) is 6.92 Å². The predicted molar refractivity (Wildman–Crippen MR) is 83.9 cm³/mol. The zero-order valence-electron chi connectivity index (χ0n) is 11.8. The number of benzene rings is 1. The summed E-state index contributed by atoms with van der Waals surface area (Å²) < 4.78 is 5.01. The molecule has 2 rings (SSSR count). The highest BCUT2D eigenvalue weighted by molar-refractivity contribution is 6.34. The summed E-state index contributed by atoms with van der Waals surface area (Å²) in [5, 5.41) is 6.39. The van der Waals surface area contributed by atoms with E-state index in [-0.39, 0.29) is 5.91 Å². The highest BCUT2D eigenvalue weighted by Crippen LogP contribution is 2.25. The highest BCUT2D eigenvalue weighted by atomic mass is 35.5. The first kappa shape index (κ1) is 15.1. The third-order valence-electron chi connectivity index (χ3n) is 2.78. The van der Waals surface area contributed by atoms with E-state index in [1.807, 2.05) is 18.2 Å². The standard InChI is InChI=1S/C15H16ClN3O2/c1-10(20)19-14-5-4-12(7-13(14)16)17-8-11-3-6-15(21-2)18-9-11/h3-7,9,17H,8H2,1-2H3,(H,19,20). The van der Waals surface area contributed by atoms with Crippen molar-refractivity contribution in [2.24, 2.45) is 0 Å². The summed E-state index contributed by atoms with van der Waals surface area (Å²) in [5.41, 5.74) is 2.49. The number of nitrogens with zero attached hydrogens (tertiary/aromatic N) is 1. The van der Waals surface area contributed by atoms with Gasteiger partial charge in [-0.2, -0.15) is 0 Å². The largest absolute Gasteiger partial charge is 0.481 e. The maximum Gasteiger partial charge on any atom is 0.221 e. The lowest BCUT2D eigenvalue weighted by Crippen LogP contribution is -2.06. The molecule has 0 saturated heterocycles. The second-order valence-electron chi connectivity index (χ2n) is 4.44.